The first kappa shape index (κ1) is 20.2. The van der Waals surface area contributed by atoms with Crippen molar-refractivity contribution in [2.45, 2.75) is 58.0 Å². The molecule has 3 heterocycles. The summed E-state index contributed by atoms with van der Waals surface area (Å²) in [7, 11) is 2.07. The van der Waals surface area contributed by atoms with Gasteiger partial charge in [0.2, 0.25) is 11.9 Å². The van der Waals surface area contributed by atoms with Crippen LogP contribution < -0.4 is 10.2 Å². The van der Waals surface area contributed by atoms with Gasteiger partial charge in [0, 0.05) is 31.4 Å². The van der Waals surface area contributed by atoms with E-state index in [0.29, 0.717) is 12.6 Å². The fraction of sp³-hybridized carbons (Fsp3) is 0.619. The molecule has 4 rings (SSSR count). The third-order valence-electron chi connectivity index (χ3n) is 5.96. The molecule has 2 aromatic heterocycles. The average Bonchev–Trinajstić information content (AvgIpc) is 3.43. The van der Waals surface area contributed by atoms with Crippen molar-refractivity contribution in [1.82, 2.24) is 25.2 Å². The average molecular weight is 415 g/mol. The van der Waals surface area contributed by atoms with Crippen molar-refractivity contribution in [2.75, 3.05) is 31.6 Å². The topological polar surface area (TPSA) is 74.2 Å². The highest BCUT2D eigenvalue weighted by atomic mass is 32.1. The van der Waals surface area contributed by atoms with Crippen molar-refractivity contribution in [3.8, 4) is 10.6 Å². The van der Waals surface area contributed by atoms with Crippen LogP contribution in [0.2, 0.25) is 0 Å². The van der Waals surface area contributed by atoms with Gasteiger partial charge in [0.1, 0.15) is 0 Å². The molecule has 2 aromatic rings. The van der Waals surface area contributed by atoms with Gasteiger partial charge in [0.25, 0.3) is 0 Å². The summed E-state index contributed by atoms with van der Waals surface area (Å²) in [5.74, 6) is 0.851. The lowest BCUT2D eigenvalue weighted by Crippen LogP contribution is -2.44. The lowest BCUT2D eigenvalue weighted by Gasteiger charge is -2.24. The predicted molar refractivity (Wildman–Crippen MR) is 116 cm³/mol. The Bertz CT molecular complexity index is 863. The number of aromatic nitrogens is 3. The van der Waals surface area contributed by atoms with Crippen molar-refractivity contribution in [3.63, 3.8) is 0 Å². The van der Waals surface area contributed by atoms with Crippen LogP contribution in [0.4, 0.5) is 5.95 Å². The van der Waals surface area contributed by atoms with E-state index in [1.54, 1.807) is 11.3 Å². The number of likely N-dealkylation sites (N-methyl/N-ethyl adjacent to an activating group) is 1. The first-order chi connectivity index (χ1) is 14.0. The van der Waals surface area contributed by atoms with Gasteiger partial charge in [-0.1, -0.05) is 12.8 Å². The van der Waals surface area contributed by atoms with E-state index in [1.165, 1.54) is 25.7 Å². The van der Waals surface area contributed by atoms with Gasteiger partial charge in [-0.05, 0) is 46.2 Å². The number of nitrogens with one attached hydrogen (secondary N) is 1. The van der Waals surface area contributed by atoms with Crippen molar-refractivity contribution >= 4 is 23.2 Å². The molecule has 156 valence electrons. The number of rotatable bonds is 6. The van der Waals surface area contributed by atoms with Gasteiger partial charge >= 0.3 is 0 Å². The summed E-state index contributed by atoms with van der Waals surface area (Å²) in [4.78, 5) is 31.7. The first-order valence-electron chi connectivity index (χ1n) is 10.5. The Labute approximate surface area is 176 Å². The fourth-order valence-corrected chi connectivity index (χ4v) is 5.32. The Hall–Kier alpha value is -2.06. The molecule has 1 aliphatic carbocycles. The van der Waals surface area contributed by atoms with E-state index in [4.69, 9.17) is 4.98 Å². The van der Waals surface area contributed by atoms with Crippen molar-refractivity contribution in [3.05, 3.63) is 23.0 Å². The molecule has 1 unspecified atom stereocenters. The van der Waals surface area contributed by atoms with E-state index < -0.39 is 0 Å². The van der Waals surface area contributed by atoms with E-state index in [9.17, 15) is 4.79 Å². The molecule has 1 saturated carbocycles. The summed E-state index contributed by atoms with van der Waals surface area (Å²) >= 11 is 1.66. The molecule has 1 aliphatic heterocycles. The molecule has 0 spiro atoms. The van der Waals surface area contributed by atoms with E-state index in [0.717, 1.165) is 46.7 Å². The predicted octanol–water partition coefficient (Wildman–Crippen LogP) is 2.79. The summed E-state index contributed by atoms with van der Waals surface area (Å²) in [5.41, 5.74) is 1.93. The second-order valence-corrected chi connectivity index (χ2v) is 9.45. The summed E-state index contributed by atoms with van der Waals surface area (Å²) in [6.45, 7) is 6.12. The zero-order valence-corrected chi connectivity index (χ0v) is 18.3. The Kier molecular flexibility index (Phi) is 6.10. The van der Waals surface area contributed by atoms with Gasteiger partial charge in [0.05, 0.1) is 27.8 Å². The van der Waals surface area contributed by atoms with Crippen LogP contribution >= 0.6 is 11.3 Å². The maximum atomic E-state index is 12.5. The van der Waals surface area contributed by atoms with Crippen LogP contribution in [0.1, 0.15) is 42.8 Å². The molecule has 0 aromatic carbocycles. The maximum Gasteiger partial charge on any atom is 0.234 e. The minimum absolute atomic E-state index is 0.122. The number of hydrogen-bond donors (Lipinski definition) is 1. The summed E-state index contributed by atoms with van der Waals surface area (Å²) in [6, 6.07) is 2.66. The number of nitrogens with zero attached hydrogens (tertiary/aromatic N) is 5. The van der Waals surface area contributed by atoms with Gasteiger partial charge in [-0.2, -0.15) is 0 Å². The van der Waals surface area contributed by atoms with E-state index in [-0.39, 0.29) is 11.9 Å². The summed E-state index contributed by atoms with van der Waals surface area (Å²) in [6.07, 6.45) is 7.74. The van der Waals surface area contributed by atoms with Crippen molar-refractivity contribution in [1.29, 1.82) is 0 Å². The zero-order valence-electron chi connectivity index (χ0n) is 17.5. The normalized spacial score (nSPS) is 20.0. The minimum Gasteiger partial charge on any atom is -0.350 e. The molecule has 8 heteroatoms. The zero-order chi connectivity index (χ0) is 20.4. The fourth-order valence-electron chi connectivity index (χ4n) is 4.43. The van der Waals surface area contributed by atoms with Gasteiger partial charge in [-0.25, -0.2) is 15.0 Å². The quantitative estimate of drug-likeness (QED) is 0.784. The van der Waals surface area contributed by atoms with Crippen LogP contribution in [0.5, 0.6) is 0 Å². The number of amides is 1. The standard InChI is InChI=1S/C21H30N6OS/c1-14-20(29-15(2)23-14)18-8-10-22-21(25-18)27-11-9-16(12-27)24-19(28)13-26(3)17-6-4-5-7-17/h8,10,16-17H,4-7,9,11-13H2,1-3H3,(H,24,28). The van der Waals surface area contributed by atoms with Crippen LogP contribution in [0.3, 0.4) is 0 Å². The maximum absolute atomic E-state index is 12.5. The molecule has 0 bridgehead atoms. The van der Waals surface area contributed by atoms with Crippen LogP contribution in [0, 0.1) is 13.8 Å². The highest BCUT2D eigenvalue weighted by Gasteiger charge is 2.27. The lowest BCUT2D eigenvalue weighted by molar-refractivity contribution is -0.123. The third kappa shape index (κ3) is 4.75. The van der Waals surface area contributed by atoms with Gasteiger partial charge in [-0.3, -0.25) is 9.69 Å². The molecule has 1 atom stereocenters. The van der Waals surface area contributed by atoms with Crippen LogP contribution in [-0.2, 0) is 4.79 Å². The largest absolute Gasteiger partial charge is 0.350 e. The monoisotopic (exact) mass is 414 g/mol. The number of aryl methyl sites for hydroxylation is 2. The molecule has 1 amide bonds. The highest BCUT2D eigenvalue weighted by Crippen LogP contribution is 2.29. The molecule has 2 aliphatic rings. The smallest absolute Gasteiger partial charge is 0.234 e. The highest BCUT2D eigenvalue weighted by molar-refractivity contribution is 7.15. The van der Waals surface area contributed by atoms with Crippen molar-refractivity contribution < 1.29 is 4.79 Å². The molecule has 29 heavy (non-hydrogen) atoms. The molecule has 7 nitrogen and oxygen atoms in total. The Balaban J connectivity index is 1.34. The van der Waals surface area contributed by atoms with Gasteiger partial charge in [-0.15, -0.1) is 11.3 Å². The number of carbonyl (C=O) groups is 1. The van der Waals surface area contributed by atoms with E-state index >= 15 is 0 Å². The minimum atomic E-state index is 0.122. The number of anilines is 1. The third-order valence-corrected chi connectivity index (χ3v) is 7.05. The molecule has 0 radical (unpaired) electrons. The molecule has 1 N–H and O–H groups in total. The summed E-state index contributed by atoms with van der Waals surface area (Å²) in [5, 5.41) is 4.25. The number of thiazole rings is 1. The second-order valence-electron chi connectivity index (χ2n) is 8.24. The van der Waals surface area contributed by atoms with Gasteiger partial charge in [0.15, 0.2) is 0 Å². The number of hydrogen-bond acceptors (Lipinski definition) is 7. The first-order valence-corrected chi connectivity index (χ1v) is 11.3. The Morgan fingerprint density at radius 1 is 1.28 bits per heavy atom. The summed E-state index contributed by atoms with van der Waals surface area (Å²) < 4.78 is 0. The van der Waals surface area contributed by atoms with Crippen molar-refractivity contribution in [2.24, 2.45) is 0 Å². The number of carbonyl (C=O) groups excluding carboxylic acids is 1. The second kappa shape index (κ2) is 8.75. The van der Waals surface area contributed by atoms with Crippen LogP contribution in [-0.4, -0.2) is 64.5 Å². The Morgan fingerprint density at radius 2 is 2.07 bits per heavy atom. The molecular weight excluding hydrogens is 384 g/mol. The lowest BCUT2D eigenvalue weighted by atomic mass is 10.2. The SMILES string of the molecule is Cc1nc(C)c(-c2ccnc(N3CCC(NC(=O)CN(C)C4CCCC4)C3)n2)s1. The molecular formula is C21H30N6OS. The Morgan fingerprint density at radius 3 is 2.79 bits per heavy atom. The van der Waals surface area contributed by atoms with Crippen LogP contribution in [0.15, 0.2) is 12.3 Å². The van der Waals surface area contributed by atoms with E-state index in [1.807, 2.05) is 26.1 Å². The van der Waals surface area contributed by atoms with Gasteiger partial charge < -0.3 is 10.2 Å². The molecule has 2 fully saturated rings. The molecule has 1 saturated heterocycles. The van der Waals surface area contributed by atoms with E-state index in [2.05, 4.69) is 32.1 Å². The van der Waals surface area contributed by atoms with Crippen LogP contribution in [0.25, 0.3) is 10.6 Å².